The van der Waals surface area contributed by atoms with Crippen molar-refractivity contribution in [3.63, 3.8) is 0 Å². The highest BCUT2D eigenvalue weighted by Crippen LogP contribution is 2.14. The van der Waals surface area contributed by atoms with E-state index in [1.54, 1.807) is 40.0 Å². The van der Waals surface area contributed by atoms with Gasteiger partial charge < -0.3 is 15.3 Å². The molecule has 0 bridgehead atoms. The van der Waals surface area contributed by atoms with Crippen LogP contribution in [0.4, 0.5) is 14.9 Å². The van der Waals surface area contributed by atoms with Gasteiger partial charge in [0.05, 0.1) is 12.1 Å². The normalized spacial score (nSPS) is 11.2. The van der Waals surface area contributed by atoms with Crippen molar-refractivity contribution in [2.75, 3.05) is 18.9 Å². The van der Waals surface area contributed by atoms with Crippen LogP contribution in [0.15, 0.2) is 18.2 Å². The van der Waals surface area contributed by atoms with Crippen LogP contribution in [0.1, 0.15) is 19.4 Å². The van der Waals surface area contributed by atoms with Gasteiger partial charge in [-0.3, -0.25) is 0 Å². The van der Waals surface area contributed by atoms with Gasteiger partial charge in [-0.05, 0) is 38.5 Å². The summed E-state index contributed by atoms with van der Waals surface area (Å²) < 4.78 is 13.3. The van der Waals surface area contributed by atoms with Crippen molar-refractivity contribution in [1.29, 1.82) is 0 Å². The Labute approximate surface area is 106 Å². The van der Waals surface area contributed by atoms with Gasteiger partial charge in [0.1, 0.15) is 5.82 Å². The predicted octanol–water partition coefficient (Wildman–Crippen LogP) is 2.37. The first-order valence-corrected chi connectivity index (χ1v) is 5.70. The maximum atomic E-state index is 13.3. The van der Waals surface area contributed by atoms with Crippen molar-refractivity contribution in [2.24, 2.45) is 0 Å². The quantitative estimate of drug-likeness (QED) is 0.870. The van der Waals surface area contributed by atoms with E-state index in [4.69, 9.17) is 0 Å². The van der Waals surface area contributed by atoms with Crippen LogP contribution in [-0.2, 0) is 0 Å². The summed E-state index contributed by atoms with van der Waals surface area (Å²) in [6.07, 6.45) is 0. The molecule has 0 aliphatic heterocycles. The van der Waals surface area contributed by atoms with Gasteiger partial charge in [0, 0.05) is 12.7 Å². The molecule has 0 unspecified atom stereocenters. The molecule has 1 aromatic rings. The zero-order valence-corrected chi connectivity index (χ0v) is 11.1. The van der Waals surface area contributed by atoms with E-state index in [1.165, 1.54) is 11.0 Å². The van der Waals surface area contributed by atoms with E-state index in [0.717, 1.165) is 0 Å². The Bertz CT molecular complexity index is 441. The van der Waals surface area contributed by atoms with Crippen LogP contribution in [0.5, 0.6) is 0 Å². The number of nitrogens with one attached hydrogen (secondary N) is 1. The molecule has 1 aromatic carbocycles. The Morgan fingerprint density at radius 1 is 1.50 bits per heavy atom. The molecule has 0 atom stereocenters. The molecule has 0 radical (unpaired) electrons. The zero-order chi connectivity index (χ0) is 13.9. The molecule has 0 aliphatic carbocycles. The highest BCUT2D eigenvalue weighted by atomic mass is 19.1. The number of likely N-dealkylation sites (N-methyl/N-ethyl adjacent to an activating group) is 1. The van der Waals surface area contributed by atoms with E-state index in [9.17, 15) is 14.3 Å². The number of nitrogens with zero attached hydrogens (tertiary/aromatic N) is 1. The SMILES string of the molecule is Cc1ccc(NC(=O)N(C)CC(C)(C)O)cc1F. The van der Waals surface area contributed by atoms with Crippen molar-refractivity contribution in [3.8, 4) is 0 Å². The number of aryl methyl sites for hydroxylation is 1. The Morgan fingerprint density at radius 3 is 2.61 bits per heavy atom. The first-order chi connectivity index (χ1) is 8.19. The number of aliphatic hydroxyl groups is 1. The second-order valence-electron chi connectivity index (χ2n) is 5.06. The fraction of sp³-hybridized carbons (Fsp3) is 0.462. The molecule has 0 spiro atoms. The summed E-state index contributed by atoms with van der Waals surface area (Å²) in [6.45, 7) is 5.07. The number of benzene rings is 1. The van der Waals surface area contributed by atoms with Crippen LogP contribution in [0.2, 0.25) is 0 Å². The van der Waals surface area contributed by atoms with Crippen LogP contribution in [0.25, 0.3) is 0 Å². The number of rotatable bonds is 3. The molecule has 0 aromatic heterocycles. The maximum Gasteiger partial charge on any atom is 0.321 e. The van der Waals surface area contributed by atoms with E-state index in [0.29, 0.717) is 11.3 Å². The van der Waals surface area contributed by atoms with E-state index in [2.05, 4.69) is 5.32 Å². The number of hydrogen-bond acceptors (Lipinski definition) is 2. The number of amides is 2. The molecule has 100 valence electrons. The van der Waals surface area contributed by atoms with Crippen molar-refractivity contribution < 1.29 is 14.3 Å². The van der Waals surface area contributed by atoms with Crippen LogP contribution < -0.4 is 5.32 Å². The molecule has 4 nitrogen and oxygen atoms in total. The summed E-state index contributed by atoms with van der Waals surface area (Å²) in [7, 11) is 1.57. The predicted molar refractivity (Wildman–Crippen MR) is 69.1 cm³/mol. The number of halogens is 1. The van der Waals surface area contributed by atoms with E-state index in [-0.39, 0.29) is 18.4 Å². The second kappa shape index (κ2) is 5.35. The van der Waals surface area contributed by atoms with E-state index < -0.39 is 5.60 Å². The molecule has 1 rings (SSSR count). The molecule has 0 saturated heterocycles. The zero-order valence-electron chi connectivity index (χ0n) is 11.1. The number of urea groups is 1. The lowest BCUT2D eigenvalue weighted by atomic mass is 10.1. The molecule has 18 heavy (non-hydrogen) atoms. The fourth-order valence-electron chi connectivity index (χ4n) is 1.54. The Morgan fingerprint density at radius 2 is 2.11 bits per heavy atom. The smallest absolute Gasteiger partial charge is 0.321 e. The third kappa shape index (κ3) is 4.33. The van der Waals surface area contributed by atoms with Crippen molar-refractivity contribution in [2.45, 2.75) is 26.4 Å². The van der Waals surface area contributed by atoms with Gasteiger partial charge in [0.15, 0.2) is 0 Å². The minimum atomic E-state index is -0.968. The monoisotopic (exact) mass is 254 g/mol. The summed E-state index contributed by atoms with van der Waals surface area (Å²) in [5.74, 6) is -0.363. The van der Waals surface area contributed by atoms with Gasteiger partial charge in [0.2, 0.25) is 0 Å². The number of carbonyl (C=O) groups is 1. The standard InChI is InChI=1S/C13H19FN2O2/c1-9-5-6-10(7-11(9)14)15-12(17)16(4)8-13(2,3)18/h5-7,18H,8H2,1-4H3,(H,15,17). The summed E-state index contributed by atoms with van der Waals surface area (Å²) >= 11 is 0. The Kier molecular flexibility index (Phi) is 4.29. The topological polar surface area (TPSA) is 52.6 Å². The summed E-state index contributed by atoms with van der Waals surface area (Å²) in [4.78, 5) is 13.1. The average Bonchev–Trinajstić information content (AvgIpc) is 2.21. The van der Waals surface area contributed by atoms with Gasteiger partial charge in [0.25, 0.3) is 0 Å². The summed E-state index contributed by atoms with van der Waals surface area (Å²) in [5.41, 5.74) is -0.0477. The van der Waals surface area contributed by atoms with E-state index in [1.807, 2.05) is 0 Å². The van der Waals surface area contributed by atoms with Gasteiger partial charge in [-0.1, -0.05) is 6.07 Å². The lowest BCUT2D eigenvalue weighted by Gasteiger charge is -2.25. The van der Waals surface area contributed by atoms with Crippen LogP contribution in [0.3, 0.4) is 0 Å². The van der Waals surface area contributed by atoms with Gasteiger partial charge in [-0.15, -0.1) is 0 Å². The first-order valence-electron chi connectivity index (χ1n) is 5.70. The second-order valence-corrected chi connectivity index (χ2v) is 5.06. The van der Waals surface area contributed by atoms with Gasteiger partial charge >= 0.3 is 6.03 Å². The Balaban J connectivity index is 2.67. The molecule has 2 amide bonds. The number of carbonyl (C=O) groups excluding carboxylic acids is 1. The molecular formula is C13H19FN2O2. The molecule has 2 N–H and O–H groups in total. The minimum Gasteiger partial charge on any atom is -0.389 e. The molecular weight excluding hydrogens is 235 g/mol. The molecule has 0 saturated carbocycles. The first kappa shape index (κ1) is 14.4. The molecule has 0 heterocycles. The van der Waals surface area contributed by atoms with Crippen molar-refractivity contribution in [3.05, 3.63) is 29.6 Å². The highest BCUT2D eigenvalue weighted by Gasteiger charge is 2.19. The molecule has 0 fully saturated rings. The number of anilines is 1. The number of hydrogen-bond donors (Lipinski definition) is 2. The van der Waals surface area contributed by atoms with E-state index >= 15 is 0 Å². The maximum absolute atomic E-state index is 13.3. The average molecular weight is 254 g/mol. The highest BCUT2D eigenvalue weighted by molar-refractivity contribution is 5.89. The summed E-state index contributed by atoms with van der Waals surface area (Å²) in [5, 5.41) is 12.2. The lowest BCUT2D eigenvalue weighted by Crippen LogP contribution is -2.41. The van der Waals surface area contributed by atoms with Crippen LogP contribution in [0, 0.1) is 12.7 Å². The van der Waals surface area contributed by atoms with Gasteiger partial charge in [-0.2, -0.15) is 0 Å². The van der Waals surface area contributed by atoms with Gasteiger partial charge in [-0.25, -0.2) is 9.18 Å². The lowest BCUT2D eigenvalue weighted by molar-refractivity contribution is 0.0550. The third-order valence-electron chi connectivity index (χ3n) is 2.39. The molecule has 0 aliphatic rings. The van der Waals surface area contributed by atoms with Crippen LogP contribution >= 0.6 is 0 Å². The van der Waals surface area contributed by atoms with Crippen LogP contribution in [-0.4, -0.2) is 35.2 Å². The molecule has 5 heteroatoms. The largest absolute Gasteiger partial charge is 0.389 e. The summed E-state index contributed by atoms with van der Waals surface area (Å²) in [6, 6.07) is 4.11. The van der Waals surface area contributed by atoms with Crippen molar-refractivity contribution in [1.82, 2.24) is 4.90 Å². The van der Waals surface area contributed by atoms with Crippen molar-refractivity contribution >= 4 is 11.7 Å². The fourth-order valence-corrected chi connectivity index (χ4v) is 1.54. The minimum absolute atomic E-state index is 0.188. The third-order valence-corrected chi connectivity index (χ3v) is 2.39. The Hall–Kier alpha value is -1.62.